The predicted molar refractivity (Wildman–Crippen MR) is 41.6 cm³/mol. The highest BCUT2D eigenvalue weighted by Crippen LogP contribution is 1.77. The third-order valence-corrected chi connectivity index (χ3v) is 0.831. The van der Waals surface area contributed by atoms with Crippen LogP contribution in [-0.2, 0) is 0 Å². The van der Waals surface area contributed by atoms with Crippen LogP contribution < -0.4 is 0 Å². The maximum atomic E-state index is 4.04. The summed E-state index contributed by atoms with van der Waals surface area (Å²) >= 11 is 0. The van der Waals surface area contributed by atoms with E-state index in [1.54, 1.807) is 6.34 Å². The van der Waals surface area contributed by atoms with Gasteiger partial charge in [0, 0.05) is 19.8 Å². The van der Waals surface area contributed by atoms with Crippen molar-refractivity contribution in [1.82, 2.24) is 4.90 Å². The second-order valence-corrected chi connectivity index (χ2v) is 1.76. The third kappa shape index (κ3) is 5.07. The number of hydrogen-bond donors (Lipinski definition) is 0. The average molecular weight is 126 g/mol. The molecular formula is C7H14N2. The number of nitrogens with zero attached hydrogens (tertiary/aromatic N) is 2. The standard InChI is InChI=1S/C7H14N2/c1-4-6-9(3)7-8-5-2/h4,6-7H,5H2,1-3H3/b6-4-,8-7-. The molecule has 0 saturated carbocycles. The lowest BCUT2D eigenvalue weighted by Gasteiger charge is -2.03. The summed E-state index contributed by atoms with van der Waals surface area (Å²) in [6, 6.07) is 0. The zero-order chi connectivity index (χ0) is 7.11. The van der Waals surface area contributed by atoms with Gasteiger partial charge in [-0.2, -0.15) is 0 Å². The Bertz CT molecular complexity index is 105. The zero-order valence-electron chi connectivity index (χ0n) is 6.33. The largest absolute Gasteiger partial charge is 0.343 e. The normalized spacial score (nSPS) is 11.4. The number of allylic oxidation sites excluding steroid dienone is 1. The minimum atomic E-state index is 0.849. The van der Waals surface area contributed by atoms with Crippen molar-refractivity contribution in [3.8, 4) is 0 Å². The summed E-state index contributed by atoms with van der Waals surface area (Å²) in [6.07, 6.45) is 5.74. The molecule has 0 fully saturated rings. The number of aliphatic imine (C=N–C) groups is 1. The molecule has 0 aromatic rings. The molecule has 0 atom stereocenters. The molecule has 0 aliphatic rings. The zero-order valence-corrected chi connectivity index (χ0v) is 6.33. The highest BCUT2D eigenvalue weighted by atomic mass is 15.1. The van der Waals surface area contributed by atoms with Crippen molar-refractivity contribution >= 4 is 6.34 Å². The van der Waals surface area contributed by atoms with Crippen LogP contribution in [0.1, 0.15) is 13.8 Å². The van der Waals surface area contributed by atoms with E-state index in [-0.39, 0.29) is 0 Å². The van der Waals surface area contributed by atoms with E-state index in [4.69, 9.17) is 0 Å². The SMILES string of the molecule is C/C=C\N(C)/C=N\CC. The Morgan fingerprint density at radius 3 is 2.67 bits per heavy atom. The van der Waals surface area contributed by atoms with Gasteiger partial charge in [-0.15, -0.1) is 0 Å². The van der Waals surface area contributed by atoms with Crippen molar-refractivity contribution in [3.05, 3.63) is 12.3 Å². The molecule has 0 heterocycles. The Morgan fingerprint density at radius 2 is 2.22 bits per heavy atom. The first-order chi connectivity index (χ1) is 4.31. The molecule has 0 rings (SSSR count). The Kier molecular flexibility index (Phi) is 4.88. The van der Waals surface area contributed by atoms with Gasteiger partial charge >= 0.3 is 0 Å². The van der Waals surface area contributed by atoms with Gasteiger partial charge in [0.15, 0.2) is 0 Å². The van der Waals surface area contributed by atoms with Gasteiger partial charge in [0.25, 0.3) is 0 Å². The molecule has 0 aromatic heterocycles. The van der Waals surface area contributed by atoms with E-state index in [2.05, 4.69) is 4.99 Å². The molecule has 0 N–H and O–H groups in total. The van der Waals surface area contributed by atoms with Crippen LogP contribution in [0.2, 0.25) is 0 Å². The van der Waals surface area contributed by atoms with Crippen LogP contribution in [0.15, 0.2) is 17.3 Å². The average Bonchev–Trinajstić information content (AvgIpc) is 1.85. The lowest BCUT2D eigenvalue weighted by atomic mass is 10.6. The fourth-order valence-corrected chi connectivity index (χ4v) is 0.484. The van der Waals surface area contributed by atoms with Crippen molar-refractivity contribution < 1.29 is 0 Å². The van der Waals surface area contributed by atoms with Crippen LogP contribution in [0.3, 0.4) is 0 Å². The van der Waals surface area contributed by atoms with Gasteiger partial charge in [-0.1, -0.05) is 6.08 Å². The van der Waals surface area contributed by atoms with Crippen molar-refractivity contribution in [3.63, 3.8) is 0 Å². The van der Waals surface area contributed by atoms with Crippen LogP contribution in [0.25, 0.3) is 0 Å². The first kappa shape index (κ1) is 8.21. The Morgan fingerprint density at radius 1 is 1.56 bits per heavy atom. The second-order valence-electron chi connectivity index (χ2n) is 1.76. The van der Waals surface area contributed by atoms with E-state index in [0.29, 0.717) is 0 Å². The first-order valence-electron chi connectivity index (χ1n) is 3.16. The van der Waals surface area contributed by atoms with Gasteiger partial charge in [-0.3, -0.25) is 4.99 Å². The summed E-state index contributed by atoms with van der Waals surface area (Å²) in [4.78, 5) is 5.96. The second kappa shape index (κ2) is 5.35. The molecule has 0 saturated heterocycles. The smallest absolute Gasteiger partial charge is 0.0886 e. The molecule has 52 valence electrons. The van der Waals surface area contributed by atoms with Crippen LogP contribution in [0, 0.1) is 0 Å². The van der Waals surface area contributed by atoms with E-state index in [0.717, 1.165) is 6.54 Å². The van der Waals surface area contributed by atoms with Crippen LogP contribution >= 0.6 is 0 Å². The minimum absolute atomic E-state index is 0.849. The highest BCUT2D eigenvalue weighted by molar-refractivity contribution is 5.55. The fraction of sp³-hybridized carbons (Fsp3) is 0.571. The van der Waals surface area contributed by atoms with Crippen LogP contribution in [0.4, 0.5) is 0 Å². The summed E-state index contributed by atoms with van der Waals surface area (Å²) in [5.74, 6) is 0. The molecule has 2 nitrogen and oxygen atoms in total. The predicted octanol–water partition coefficient (Wildman–Crippen LogP) is 1.50. The number of rotatable bonds is 3. The van der Waals surface area contributed by atoms with Gasteiger partial charge in [0.05, 0.1) is 6.34 Å². The molecular weight excluding hydrogens is 112 g/mol. The summed E-state index contributed by atoms with van der Waals surface area (Å²) in [6.45, 7) is 4.85. The quantitative estimate of drug-likeness (QED) is 0.413. The molecule has 0 aliphatic carbocycles. The number of hydrogen-bond acceptors (Lipinski definition) is 1. The maximum absolute atomic E-state index is 4.04. The van der Waals surface area contributed by atoms with Crippen LogP contribution in [0.5, 0.6) is 0 Å². The molecule has 0 unspecified atom stereocenters. The van der Waals surface area contributed by atoms with E-state index < -0.39 is 0 Å². The lowest BCUT2D eigenvalue weighted by molar-refractivity contribution is 0.704. The van der Waals surface area contributed by atoms with Gasteiger partial charge in [-0.05, 0) is 13.8 Å². The van der Waals surface area contributed by atoms with Gasteiger partial charge in [0.2, 0.25) is 0 Å². The molecule has 0 aliphatic heterocycles. The monoisotopic (exact) mass is 126 g/mol. The van der Waals surface area contributed by atoms with Crippen molar-refractivity contribution in [2.45, 2.75) is 13.8 Å². The summed E-state index contributed by atoms with van der Waals surface area (Å²) in [5.41, 5.74) is 0. The first-order valence-corrected chi connectivity index (χ1v) is 3.16. The molecule has 0 aromatic carbocycles. The van der Waals surface area contributed by atoms with E-state index in [9.17, 15) is 0 Å². The van der Waals surface area contributed by atoms with Gasteiger partial charge < -0.3 is 4.90 Å². The van der Waals surface area contributed by atoms with E-state index in [1.165, 1.54) is 0 Å². The fourth-order valence-electron chi connectivity index (χ4n) is 0.484. The molecule has 0 bridgehead atoms. The summed E-state index contributed by atoms with van der Waals surface area (Å²) in [5, 5.41) is 0. The molecule has 0 amide bonds. The van der Waals surface area contributed by atoms with E-state index in [1.807, 2.05) is 38.1 Å². The lowest BCUT2D eigenvalue weighted by Crippen LogP contribution is -2.06. The Balaban J connectivity index is 3.48. The Labute approximate surface area is 56.9 Å². The molecule has 9 heavy (non-hydrogen) atoms. The molecule has 0 radical (unpaired) electrons. The van der Waals surface area contributed by atoms with E-state index >= 15 is 0 Å². The summed E-state index contributed by atoms with van der Waals surface area (Å²) < 4.78 is 0. The van der Waals surface area contributed by atoms with Gasteiger partial charge in [-0.25, -0.2) is 0 Å². The highest BCUT2D eigenvalue weighted by Gasteiger charge is 1.76. The van der Waals surface area contributed by atoms with Gasteiger partial charge in [0.1, 0.15) is 0 Å². The van der Waals surface area contributed by atoms with Crippen LogP contribution in [-0.4, -0.2) is 24.8 Å². The topological polar surface area (TPSA) is 15.6 Å². The van der Waals surface area contributed by atoms with Crippen molar-refractivity contribution in [2.24, 2.45) is 4.99 Å². The summed E-state index contributed by atoms with van der Waals surface area (Å²) in [7, 11) is 1.96. The Hall–Kier alpha value is -0.790. The minimum Gasteiger partial charge on any atom is -0.343 e. The maximum Gasteiger partial charge on any atom is 0.0886 e. The molecule has 0 spiro atoms. The third-order valence-electron chi connectivity index (χ3n) is 0.831. The molecule has 2 heteroatoms. The van der Waals surface area contributed by atoms with Crippen molar-refractivity contribution in [1.29, 1.82) is 0 Å². The van der Waals surface area contributed by atoms with Crippen molar-refractivity contribution in [2.75, 3.05) is 13.6 Å².